The van der Waals surface area contributed by atoms with E-state index in [0.29, 0.717) is 11.3 Å². The molecule has 0 radical (unpaired) electrons. The van der Waals surface area contributed by atoms with Gasteiger partial charge in [0.2, 0.25) is 0 Å². The maximum absolute atomic E-state index is 5.26. The summed E-state index contributed by atoms with van der Waals surface area (Å²) in [6.45, 7) is 2.45. The summed E-state index contributed by atoms with van der Waals surface area (Å²) in [5.74, 6) is 1.88. The molecule has 1 aliphatic heterocycles. The lowest BCUT2D eigenvalue weighted by atomic mass is 10.0. The Morgan fingerprint density at radius 3 is 1.41 bits per heavy atom. The Bertz CT molecular complexity index is 551. The van der Waals surface area contributed by atoms with E-state index >= 15 is 0 Å². The Morgan fingerprint density at radius 1 is 0.727 bits per heavy atom. The zero-order valence-corrected chi connectivity index (χ0v) is 14.3. The van der Waals surface area contributed by atoms with Gasteiger partial charge in [-0.15, -0.1) is 0 Å². The van der Waals surface area contributed by atoms with Crippen LogP contribution in [0.15, 0.2) is 48.5 Å². The van der Waals surface area contributed by atoms with Crippen LogP contribution in [0.25, 0.3) is 0 Å². The number of ether oxygens (including phenoxy) is 2. The molecule has 2 atom stereocenters. The van der Waals surface area contributed by atoms with Crippen molar-refractivity contribution in [1.82, 2.24) is 0 Å². The fourth-order valence-electron chi connectivity index (χ4n) is 3.40. The van der Waals surface area contributed by atoms with Crippen LogP contribution in [0.2, 0.25) is 0 Å². The van der Waals surface area contributed by atoms with Crippen molar-refractivity contribution in [1.29, 1.82) is 0 Å². The molecule has 3 heteroatoms. The largest absolute Gasteiger partial charge is 0.497 e. The minimum absolute atomic E-state index is 0.0539. The summed E-state index contributed by atoms with van der Waals surface area (Å²) in [6.07, 6.45) is 2.57. The normalized spacial score (nSPS) is 24.2. The first-order chi connectivity index (χ1) is 10.7. The van der Waals surface area contributed by atoms with Crippen LogP contribution in [0.1, 0.15) is 35.3 Å². The van der Waals surface area contributed by atoms with Crippen LogP contribution in [-0.4, -0.2) is 20.9 Å². The molecule has 1 heterocycles. The summed E-state index contributed by atoms with van der Waals surface area (Å²) in [7, 11) is 3.38. The molecule has 2 unspecified atom stereocenters. The van der Waals surface area contributed by atoms with Crippen LogP contribution < -0.4 is 9.47 Å². The van der Waals surface area contributed by atoms with Crippen LogP contribution in [0.5, 0.6) is 11.5 Å². The quantitative estimate of drug-likeness (QED) is 0.704. The second-order valence-electron chi connectivity index (χ2n) is 5.82. The molecule has 0 bridgehead atoms. The van der Waals surface area contributed by atoms with Crippen molar-refractivity contribution in [3.05, 3.63) is 59.7 Å². The van der Waals surface area contributed by atoms with Gasteiger partial charge in [-0.2, -0.15) is 0 Å². The fraction of sp³-hybridized carbons (Fsp3) is 0.368. The van der Waals surface area contributed by atoms with Crippen molar-refractivity contribution in [2.24, 2.45) is 0 Å². The van der Waals surface area contributed by atoms with Crippen molar-refractivity contribution < 1.29 is 9.47 Å². The fourth-order valence-corrected chi connectivity index (χ4v) is 6.23. The summed E-state index contributed by atoms with van der Waals surface area (Å²) < 4.78 is 10.5. The van der Waals surface area contributed by atoms with Crippen molar-refractivity contribution in [3.8, 4) is 11.5 Å². The van der Waals surface area contributed by atoms with E-state index in [2.05, 4.69) is 55.2 Å². The van der Waals surface area contributed by atoms with Crippen LogP contribution in [-0.2, 0) is 0 Å². The van der Waals surface area contributed by atoms with Gasteiger partial charge in [-0.1, -0.05) is 32.2 Å². The maximum atomic E-state index is 5.26. The van der Waals surface area contributed by atoms with Crippen molar-refractivity contribution >= 4 is 7.92 Å². The van der Waals surface area contributed by atoms with Gasteiger partial charge in [0.05, 0.1) is 14.2 Å². The molecule has 0 aromatic heterocycles. The van der Waals surface area contributed by atoms with Gasteiger partial charge in [-0.3, -0.25) is 0 Å². The van der Waals surface area contributed by atoms with E-state index in [1.165, 1.54) is 24.0 Å². The molecule has 0 N–H and O–H groups in total. The smallest absolute Gasteiger partial charge is 0.118 e. The molecule has 22 heavy (non-hydrogen) atoms. The first-order valence-electron chi connectivity index (χ1n) is 7.72. The lowest BCUT2D eigenvalue weighted by Gasteiger charge is -2.22. The summed E-state index contributed by atoms with van der Waals surface area (Å²) in [6, 6.07) is 17.3. The second-order valence-corrected chi connectivity index (χ2v) is 8.40. The zero-order valence-electron chi connectivity index (χ0n) is 13.5. The molecule has 0 saturated carbocycles. The lowest BCUT2D eigenvalue weighted by Crippen LogP contribution is -1.94. The molecular formula is C19H23O2P. The van der Waals surface area contributed by atoms with Gasteiger partial charge in [-0.05, 0) is 54.9 Å². The predicted octanol–water partition coefficient (Wildman–Crippen LogP) is 5.39. The molecule has 2 nitrogen and oxygen atoms in total. The third-order valence-corrected chi connectivity index (χ3v) is 7.78. The van der Waals surface area contributed by atoms with Gasteiger partial charge in [-0.25, -0.2) is 0 Å². The zero-order chi connectivity index (χ0) is 15.5. The van der Waals surface area contributed by atoms with Gasteiger partial charge < -0.3 is 9.47 Å². The number of methoxy groups -OCH3 is 2. The monoisotopic (exact) mass is 314 g/mol. The predicted molar refractivity (Wildman–Crippen MR) is 93.5 cm³/mol. The van der Waals surface area contributed by atoms with Gasteiger partial charge in [0.25, 0.3) is 0 Å². The summed E-state index contributed by atoms with van der Waals surface area (Å²) >= 11 is 0. The number of rotatable bonds is 4. The van der Waals surface area contributed by atoms with E-state index in [-0.39, 0.29) is 7.92 Å². The van der Waals surface area contributed by atoms with Crippen LogP contribution in [0, 0.1) is 0 Å². The Balaban J connectivity index is 1.76. The second kappa shape index (κ2) is 6.71. The van der Waals surface area contributed by atoms with E-state index in [1.54, 1.807) is 14.2 Å². The minimum atomic E-state index is -0.0539. The highest BCUT2D eigenvalue weighted by Crippen LogP contribution is 2.68. The van der Waals surface area contributed by atoms with Gasteiger partial charge in [0.15, 0.2) is 0 Å². The molecule has 0 amide bonds. The highest BCUT2D eigenvalue weighted by atomic mass is 31.1. The van der Waals surface area contributed by atoms with Gasteiger partial charge in [0.1, 0.15) is 11.5 Å². The number of benzene rings is 2. The molecule has 1 aliphatic rings. The van der Waals surface area contributed by atoms with E-state index in [0.717, 1.165) is 11.5 Å². The third-order valence-electron chi connectivity index (χ3n) is 4.70. The molecule has 3 rings (SSSR count). The molecular weight excluding hydrogens is 291 g/mol. The highest BCUT2D eigenvalue weighted by molar-refractivity contribution is 7.58. The maximum Gasteiger partial charge on any atom is 0.118 e. The Morgan fingerprint density at radius 2 is 1.09 bits per heavy atom. The van der Waals surface area contributed by atoms with Crippen LogP contribution in [0.4, 0.5) is 0 Å². The molecule has 0 aliphatic carbocycles. The third kappa shape index (κ3) is 2.98. The van der Waals surface area contributed by atoms with E-state index in [4.69, 9.17) is 9.47 Å². The van der Waals surface area contributed by atoms with Crippen LogP contribution in [0.3, 0.4) is 0 Å². The Kier molecular flexibility index (Phi) is 4.69. The molecule has 1 fully saturated rings. The summed E-state index contributed by atoms with van der Waals surface area (Å²) in [5.41, 5.74) is 4.33. The van der Waals surface area contributed by atoms with E-state index < -0.39 is 0 Å². The van der Waals surface area contributed by atoms with Crippen molar-refractivity contribution in [2.75, 3.05) is 20.9 Å². The topological polar surface area (TPSA) is 18.5 Å². The molecule has 2 aromatic rings. The SMILES string of the molecule is COc1ccc(C2CCC(c3ccc(OC)cc3)P2C)cc1. The van der Waals surface area contributed by atoms with E-state index in [9.17, 15) is 0 Å². The lowest BCUT2D eigenvalue weighted by molar-refractivity contribution is 0.414. The summed E-state index contributed by atoms with van der Waals surface area (Å²) in [4.78, 5) is 0. The van der Waals surface area contributed by atoms with Crippen LogP contribution >= 0.6 is 7.92 Å². The van der Waals surface area contributed by atoms with Gasteiger partial charge in [0, 0.05) is 11.3 Å². The molecule has 0 spiro atoms. The molecule has 2 aromatic carbocycles. The summed E-state index contributed by atoms with van der Waals surface area (Å²) in [5, 5.41) is 0. The minimum Gasteiger partial charge on any atom is -0.497 e. The standard InChI is InChI=1S/C19H23O2P/c1-20-16-8-4-14(5-9-16)18-12-13-19(22(18)3)15-6-10-17(21-2)11-7-15/h4-11,18-19H,12-13H2,1-3H3. The number of hydrogen-bond acceptors (Lipinski definition) is 2. The average Bonchev–Trinajstić information content (AvgIpc) is 2.96. The number of hydrogen-bond donors (Lipinski definition) is 0. The molecule has 116 valence electrons. The average molecular weight is 314 g/mol. The Labute approximate surface area is 134 Å². The van der Waals surface area contributed by atoms with Gasteiger partial charge >= 0.3 is 0 Å². The highest BCUT2D eigenvalue weighted by Gasteiger charge is 2.34. The first kappa shape index (κ1) is 15.4. The first-order valence-corrected chi connectivity index (χ1v) is 9.65. The molecule has 1 saturated heterocycles. The van der Waals surface area contributed by atoms with Crippen molar-refractivity contribution in [3.63, 3.8) is 0 Å². The van der Waals surface area contributed by atoms with Crippen molar-refractivity contribution in [2.45, 2.75) is 24.2 Å². The van der Waals surface area contributed by atoms with E-state index in [1.807, 2.05) is 0 Å². The Hall–Kier alpha value is -1.53.